The Kier molecular flexibility index (Phi) is 6.26. The standard InChI is InChI=1S/C12H19N3O4S/c1-20(17,18)15-7-3-6-14-12(16)9-19-11-5-2-4-10(13)8-11/h2,4-5,8,15H,3,6-7,9,13H2,1H3,(H,14,16). The van der Waals surface area contributed by atoms with Crippen LogP contribution in [-0.2, 0) is 14.8 Å². The molecule has 4 N–H and O–H groups in total. The lowest BCUT2D eigenvalue weighted by atomic mass is 10.3. The normalized spacial score (nSPS) is 11.1. The zero-order chi connectivity index (χ0) is 15.0. The van der Waals surface area contributed by atoms with Gasteiger partial charge in [0.2, 0.25) is 10.0 Å². The summed E-state index contributed by atoms with van der Waals surface area (Å²) in [5.74, 6) is 0.255. The highest BCUT2D eigenvalue weighted by atomic mass is 32.2. The van der Waals surface area contributed by atoms with Gasteiger partial charge in [-0.15, -0.1) is 0 Å². The molecule has 1 amide bonds. The number of rotatable bonds is 8. The highest BCUT2D eigenvalue weighted by Gasteiger charge is 2.03. The molecule has 0 aliphatic carbocycles. The van der Waals surface area contributed by atoms with Crippen molar-refractivity contribution in [3.8, 4) is 5.75 Å². The van der Waals surface area contributed by atoms with Crippen molar-refractivity contribution in [2.24, 2.45) is 0 Å². The second-order valence-corrected chi connectivity index (χ2v) is 6.06. The number of amides is 1. The third-order valence-electron chi connectivity index (χ3n) is 2.27. The molecule has 1 aromatic rings. The quantitative estimate of drug-likeness (QED) is 0.451. The van der Waals surface area contributed by atoms with Crippen molar-refractivity contribution in [3.63, 3.8) is 0 Å². The summed E-state index contributed by atoms with van der Waals surface area (Å²) in [6.07, 6.45) is 1.60. The summed E-state index contributed by atoms with van der Waals surface area (Å²) >= 11 is 0. The maximum atomic E-state index is 11.5. The Morgan fingerprint density at radius 3 is 2.75 bits per heavy atom. The lowest BCUT2D eigenvalue weighted by Gasteiger charge is -2.08. The third-order valence-corrected chi connectivity index (χ3v) is 3.00. The number of hydrogen-bond acceptors (Lipinski definition) is 5. The van der Waals surface area contributed by atoms with Crippen LogP contribution in [0.5, 0.6) is 5.75 Å². The van der Waals surface area contributed by atoms with E-state index in [0.717, 1.165) is 6.26 Å². The molecule has 0 aliphatic rings. The van der Waals surface area contributed by atoms with E-state index in [0.29, 0.717) is 24.4 Å². The monoisotopic (exact) mass is 301 g/mol. The van der Waals surface area contributed by atoms with Crippen molar-refractivity contribution in [2.45, 2.75) is 6.42 Å². The number of benzene rings is 1. The van der Waals surface area contributed by atoms with Crippen molar-refractivity contribution in [1.29, 1.82) is 0 Å². The van der Waals surface area contributed by atoms with E-state index >= 15 is 0 Å². The number of nitrogens with one attached hydrogen (secondary N) is 2. The van der Waals surface area contributed by atoms with E-state index < -0.39 is 10.0 Å². The van der Waals surface area contributed by atoms with Gasteiger partial charge < -0.3 is 15.8 Å². The fourth-order valence-electron chi connectivity index (χ4n) is 1.38. The van der Waals surface area contributed by atoms with E-state index in [2.05, 4.69) is 10.0 Å². The molecule has 0 heterocycles. The van der Waals surface area contributed by atoms with Crippen molar-refractivity contribution in [2.75, 3.05) is 31.7 Å². The Bertz CT molecular complexity index is 545. The first-order valence-electron chi connectivity index (χ1n) is 6.06. The average molecular weight is 301 g/mol. The summed E-state index contributed by atoms with van der Waals surface area (Å²) in [6.45, 7) is 0.555. The molecule has 0 fully saturated rings. The van der Waals surface area contributed by atoms with Crippen LogP contribution in [0.15, 0.2) is 24.3 Å². The fraction of sp³-hybridized carbons (Fsp3) is 0.417. The lowest BCUT2D eigenvalue weighted by Crippen LogP contribution is -2.32. The van der Waals surface area contributed by atoms with Gasteiger partial charge in [-0.2, -0.15) is 0 Å². The summed E-state index contributed by atoms with van der Waals surface area (Å²) in [5, 5.41) is 2.62. The minimum Gasteiger partial charge on any atom is -0.484 e. The van der Waals surface area contributed by atoms with Gasteiger partial charge in [-0.1, -0.05) is 6.07 Å². The highest BCUT2D eigenvalue weighted by Crippen LogP contribution is 2.13. The molecule has 0 saturated carbocycles. The van der Waals surface area contributed by atoms with Gasteiger partial charge in [0.05, 0.1) is 6.26 Å². The number of anilines is 1. The number of hydrogen-bond donors (Lipinski definition) is 3. The molecule has 0 atom stereocenters. The number of carbonyl (C=O) groups excluding carboxylic acids is 1. The highest BCUT2D eigenvalue weighted by molar-refractivity contribution is 7.88. The first-order valence-corrected chi connectivity index (χ1v) is 7.95. The Morgan fingerprint density at radius 2 is 2.10 bits per heavy atom. The number of nitrogen functional groups attached to an aromatic ring is 1. The van der Waals surface area contributed by atoms with E-state index in [1.807, 2.05) is 0 Å². The molecule has 1 aromatic carbocycles. The van der Waals surface area contributed by atoms with Gasteiger partial charge in [0.25, 0.3) is 5.91 Å². The van der Waals surface area contributed by atoms with Crippen LogP contribution < -0.4 is 20.5 Å². The molecule has 8 heteroatoms. The molecule has 0 spiro atoms. The molecule has 1 rings (SSSR count). The molecule has 0 saturated heterocycles. The summed E-state index contributed by atoms with van der Waals surface area (Å²) in [7, 11) is -3.17. The summed E-state index contributed by atoms with van der Waals surface area (Å²) in [4.78, 5) is 11.5. The van der Waals surface area contributed by atoms with Crippen LogP contribution in [0.3, 0.4) is 0 Å². The average Bonchev–Trinajstić information content (AvgIpc) is 2.35. The van der Waals surface area contributed by atoms with E-state index in [4.69, 9.17) is 10.5 Å². The van der Waals surface area contributed by atoms with Gasteiger partial charge in [0.1, 0.15) is 5.75 Å². The van der Waals surface area contributed by atoms with Gasteiger partial charge in [0.15, 0.2) is 6.61 Å². The zero-order valence-electron chi connectivity index (χ0n) is 11.3. The summed E-state index contributed by atoms with van der Waals surface area (Å²) in [6, 6.07) is 6.80. The molecular weight excluding hydrogens is 282 g/mol. The minimum absolute atomic E-state index is 0.108. The molecule has 0 bridgehead atoms. The van der Waals surface area contributed by atoms with Crippen LogP contribution in [0, 0.1) is 0 Å². The Labute approximate surface area is 118 Å². The minimum atomic E-state index is -3.17. The second kappa shape index (κ2) is 7.71. The van der Waals surface area contributed by atoms with Crippen LogP contribution in [0.4, 0.5) is 5.69 Å². The second-order valence-electron chi connectivity index (χ2n) is 4.23. The summed E-state index contributed by atoms with van der Waals surface area (Å²) < 4.78 is 29.2. The molecular formula is C12H19N3O4S. The number of carbonyl (C=O) groups is 1. The molecule has 7 nitrogen and oxygen atoms in total. The number of ether oxygens (including phenoxy) is 1. The van der Waals surface area contributed by atoms with E-state index in [1.165, 1.54) is 0 Å². The van der Waals surface area contributed by atoms with Crippen LogP contribution >= 0.6 is 0 Å². The van der Waals surface area contributed by atoms with Crippen LogP contribution in [0.2, 0.25) is 0 Å². The van der Waals surface area contributed by atoms with E-state index in [-0.39, 0.29) is 19.1 Å². The van der Waals surface area contributed by atoms with Crippen molar-refractivity contribution < 1.29 is 17.9 Å². The van der Waals surface area contributed by atoms with E-state index in [9.17, 15) is 13.2 Å². The largest absolute Gasteiger partial charge is 0.484 e. The Hall–Kier alpha value is -1.80. The molecule has 0 aliphatic heterocycles. The maximum Gasteiger partial charge on any atom is 0.257 e. The first-order chi connectivity index (χ1) is 9.37. The van der Waals surface area contributed by atoms with Crippen LogP contribution in [0.1, 0.15) is 6.42 Å². The zero-order valence-corrected chi connectivity index (χ0v) is 12.1. The molecule has 0 radical (unpaired) electrons. The van der Waals surface area contributed by atoms with E-state index in [1.54, 1.807) is 24.3 Å². The van der Waals surface area contributed by atoms with Gasteiger partial charge in [0, 0.05) is 24.8 Å². The van der Waals surface area contributed by atoms with Crippen LogP contribution in [0.25, 0.3) is 0 Å². The first kappa shape index (κ1) is 16.3. The lowest BCUT2D eigenvalue weighted by molar-refractivity contribution is -0.123. The maximum absolute atomic E-state index is 11.5. The summed E-state index contributed by atoms with van der Waals surface area (Å²) in [5.41, 5.74) is 6.14. The molecule has 20 heavy (non-hydrogen) atoms. The predicted octanol–water partition coefficient (Wildman–Crippen LogP) is -0.297. The predicted molar refractivity (Wildman–Crippen MR) is 76.8 cm³/mol. The SMILES string of the molecule is CS(=O)(=O)NCCCNC(=O)COc1cccc(N)c1. The smallest absolute Gasteiger partial charge is 0.257 e. The fourth-order valence-corrected chi connectivity index (χ4v) is 1.89. The van der Waals surface area contributed by atoms with Crippen molar-refractivity contribution in [3.05, 3.63) is 24.3 Å². The van der Waals surface area contributed by atoms with Gasteiger partial charge >= 0.3 is 0 Å². The van der Waals surface area contributed by atoms with Crippen molar-refractivity contribution >= 4 is 21.6 Å². The van der Waals surface area contributed by atoms with Crippen LogP contribution in [-0.4, -0.2) is 40.3 Å². The number of nitrogens with two attached hydrogens (primary N) is 1. The van der Waals surface area contributed by atoms with Gasteiger partial charge in [-0.25, -0.2) is 13.1 Å². The number of sulfonamides is 1. The third kappa shape index (κ3) is 7.59. The Morgan fingerprint density at radius 1 is 1.35 bits per heavy atom. The molecule has 0 aromatic heterocycles. The Balaban J connectivity index is 2.15. The van der Waals surface area contributed by atoms with Gasteiger partial charge in [-0.3, -0.25) is 4.79 Å². The van der Waals surface area contributed by atoms with Gasteiger partial charge in [-0.05, 0) is 18.6 Å². The van der Waals surface area contributed by atoms with Crippen molar-refractivity contribution in [1.82, 2.24) is 10.0 Å². The topological polar surface area (TPSA) is 111 Å². The molecule has 112 valence electrons. The molecule has 0 unspecified atom stereocenters.